The molecular formula is C16H16BrClN2O. The normalized spacial score (nSPS) is 10.4. The van der Waals surface area contributed by atoms with Gasteiger partial charge in [0, 0.05) is 29.1 Å². The number of hydrogen-bond donors (Lipinski definition) is 1. The van der Waals surface area contributed by atoms with Gasteiger partial charge in [0.25, 0.3) is 5.91 Å². The fourth-order valence-electron chi connectivity index (χ4n) is 2.04. The van der Waals surface area contributed by atoms with Crippen LogP contribution in [0.1, 0.15) is 15.9 Å². The zero-order chi connectivity index (χ0) is 15.2. The fourth-order valence-corrected chi connectivity index (χ4v) is 2.63. The van der Waals surface area contributed by atoms with Gasteiger partial charge >= 0.3 is 0 Å². The number of carbonyl (C=O) groups is 1. The monoisotopic (exact) mass is 366 g/mol. The molecule has 2 N–H and O–H groups in total. The quantitative estimate of drug-likeness (QED) is 0.876. The Kier molecular flexibility index (Phi) is 5.79. The van der Waals surface area contributed by atoms with Crippen LogP contribution in [-0.4, -0.2) is 23.9 Å². The molecule has 0 aromatic heterocycles. The highest BCUT2D eigenvalue weighted by molar-refractivity contribution is 9.10. The molecule has 2 aromatic carbocycles. The molecule has 0 aliphatic heterocycles. The number of halogens is 2. The summed E-state index contributed by atoms with van der Waals surface area (Å²) in [5, 5.41) is 0.536. The SMILES string of the molecule is NCCN(Cc1ccccc1)C(=O)c1cc(Cl)ccc1Br. The first-order valence-corrected chi connectivity index (χ1v) is 7.77. The predicted molar refractivity (Wildman–Crippen MR) is 89.4 cm³/mol. The second-order valence-electron chi connectivity index (χ2n) is 4.63. The van der Waals surface area contributed by atoms with Crippen LogP contribution in [0.15, 0.2) is 53.0 Å². The third kappa shape index (κ3) is 4.30. The second-order valence-corrected chi connectivity index (χ2v) is 5.92. The number of carbonyl (C=O) groups excluding carboxylic acids is 1. The van der Waals surface area contributed by atoms with E-state index >= 15 is 0 Å². The van der Waals surface area contributed by atoms with Gasteiger partial charge in [0.1, 0.15) is 0 Å². The summed E-state index contributed by atoms with van der Waals surface area (Å²) < 4.78 is 0.729. The van der Waals surface area contributed by atoms with Gasteiger partial charge in [-0.3, -0.25) is 4.79 Å². The van der Waals surface area contributed by atoms with Gasteiger partial charge in [-0.1, -0.05) is 41.9 Å². The van der Waals surface area contributed by atoms with Gasteiger partial charge < -0.3 is 10.6 Å². The van der Waals surface area contributed by atoms with Crippen molar-refractivity contribution in [3.63, 3.8) is 0 Å². The summed E-state index contributed by atoms with van der Waals surface area (Å²) >= 11 is 9.39. The van der Waals surface area contributed by atoms with Crippen molar-refractivity contribution in [3.8, 4) is 0 Å². The van der Waals surface area contributed by atoms with Crippen LogP contribution in [0.25, 0.3) is 0 Å². The van der Waals surface area contributed by atoms with Gasteiger partial charge in [-0.05, 0) is 39.7 Å². The molecule has 0 aliphatic rings. The molecule has 2 aromatic rings. The van der Waals surface area contributed by atoms with E-state index in [0.717, 1.165) is 10.0 Å². The van der Waals surface area contributed by atoms with E-state index in [9.17, 15) is 4.79 Å². The van der Waals surface area contributed by atoms with Gasteiger partial charge in [0.05, 0.1) is 5.56 Å². The lowest BCUT2D eigenvalue weighted by Crippen LogP contribution is -2.35. The summed E-state index contributed by atoms with van der Waals surface area (Å²) in [6.07, 6.45) is 0. The predicted octanol–water partition coefficient (Wildman–Crippen LogP) is 3.70. The lowest BCUT2D eigenvalue weighted by atomic mass is 10.1. The van der Waals surface area contributed by atoms with Crippen LogP contribution in [0, 0.1) is 0 Å². The summed E-state index contributed by atoms with van der Waals surface area (Å²) in [4.78, 5) is 14.4. The molecule has 0 heterocycles. The molecule has 0 spiro atoms. The average molecular weight is 368 g/mol. The van der Waals surface area contributed by atoms with E-state index in [2.05, 4.69) is 15.9 Å². The third-order valence-electron chi connectivity index (χ3n) is 3.06. The Morgan fingerprint density at radius 2 is 1.90 bits per heavy atom. The molecule has 0 aliphatic carbocycles. The van der Waals surface area contributed by atoms with Crippen molar-refractivity contribution in [3.05, 3.63) is 69.2 Å². The highest BCUT2D eigenvalue weighted by Crippen LogP contribution is 2.23. The van der Waals surface area contributed by atoms with Gasteiger partial charge in [-0.2, -0.15) is 0 Å². The number of nitrogens with two attached hydrogens (primary N) is 1. The Morgan fingerprint density at radius 3 is 2.57 bits per heavy atom. The fraction of sp³-hybridized carbons (Fsp3) is 0.188. The molecule has 0 saturated heterocycles. The molecule has 3 nitrogen and oxygen atoms in total. The van der Waals surface area contributed by atoms with Gasteiger partial charge in [-0.25, -0.2) is 0 Å². The highest BCUT2D eigenvalue weighted by atomic mass is 79.9. The summed E-state index contributed by atoms with van der Waals surface area (Å²) in [6.45, 7) is 1.43. The number of amides is 1. The molecule has 0 bridgehead atoms. The van der Waals surface area contributed by atoms with E-state index in [0.29, 0.717) is 30.2 Å². The topological polar surface area (TPSA) is 46.3 Å². The molecule has 0 saturated carbocycles. The summed E-state index contributed by atoms with van der Waals surface area (Å²) in [5.41, 5.74) is 7.25. The van der Waals surface area contributed by atoms with Crippen molar-refractivity contribution in [1.29, 1.82) is 0 Å². The van der Waals surface area contributed by atoms with Crippen molar-refractivity contribution in [2.75, 3.05) is 13.1 Å². The van der Waals surface area contributed by atoms with Crippen LogP contribution in [0.4, 0.5) is 0 Å². The maximum Gasteiger partial charge on any atom is 0.255 e. The van der Waals surface area contributed by atoms with Crippen LogP contribution in [-0.2, 0) is 6.54 Å². The van der Waals surface area contributed by atoms with Crippen molar-refractivity contribution in [2.45, 2.75) is 6.54 Å². The van der Waals surface area contributed by atoms with Crippen LogP contribution in [0.2, 0.25) is 5.02 Å². The van der Waals surface area contributed by atoms with Crippen LogP contribution < -0.4 is 5.73 Å². The second kappa shape index (κ2) is 7.59. The van der Waals surface area contributed by atoms with Crippen LogP contribution in [0.3, 0.4) is 0 Å². The summed E-state index contributed by atoms with van der Waals surface area (Å²) in [7, 11) is 0. The minimum Gasteiger partial charge on any atom is -0.333 e. The minimum absolute atomic E-state index is 0.0846. The number of rotatable bonds is 5. The molecule has 2 rings (SSSR count). The third-order valence-corrected chi connectivity index (χ3v) is 3.99. The Hall–Kier alpha value is -1.36. The molecule has 5 heteroatoms. The number of hydrogen-bond acceptors (Lipinski definition) is 2. The van der Waals surface area contributed by atoms with Gasteiger partial charge in [0.2, 0.25) is 0 Å². The molecule has 0 atom stereocenters. The molecule has 110 valence electrons. The van der Waals surface area contributed by atoms with E-state index in [1.807, 2.05) is 30.3 Å². The van der Waals surface area contributed by atoms with Crippen molar-refractivity contribution >= 4 is 33.4 Å². The number of nitrogens with zero attached hydrogens (tertiary/aromatic N) is 1. The maximum atomic E-state index is 12.7. The first-order valence-electron chi connectivity index (χ1n) is 6.60. The average Bonchev–Trinajstić information content (AvgIpc) is 2.49. The van der Waals surface area contributed by atoms with E-state index < -0.39 is 0 Å². The van der Waals surface area contributed by atoms with E-state index in [4.69, 9.17) is 17.3 Å². The maximum absolute atomic E-state index is 12.7. The summed E-state index contributed by atoms with van der Waals surface area (Å²) in [6, 6.07) is 15.0. The first kappa shape index (κ1) is 16.0. The Morgan fingerprint density at radius 1 is 1.19 bits per heavy atom. The van der Waals surface area contributed by atoms with Crippen molar-refractivity contribution in [2.24, 2.45) is 5.73 Å². The van der Waals surface area contributed by atoms with E-state index in [1.165, 1.54) is 0 Å². The number of benzene rings is 2. The Balaban J connectivity index is 2.25. The smallest absolute Gasteiger partial charge is 0.255 e. The zero-order valence-corrected chi connectivity index (χ0v) is 13.8. The Bertz CT molecular complexity index is 619. The van der Waals surface area contributed by atoms with Crippen LogP contribution >= 0.6 is 27.5 Å². The van der Waals surface area contributed by atoms with Gasteiger partial charge in [-0.15, -0.1) is 0 Å². The van der Waals surface area contributed by atoms with Crippen LogP contribution in [0.5, 0.6) is 0 Å². The Labute approximate surface area is 137 Å². The molecule has 0 unspecified atom stereocenters. The molecule has 21 heavy (non-hydrogen) atoms. The van der Waals surface area contributed by atoms with Crippen molar-refractivity contribution in [1.82, 2.24) is 4.90 Å². The largest absolute Gasteiger partial charge is 0.333 e. The van der Waals surface area contributed by atoms with E-state index in [1.54, 1.807) is 23.1 Å². The summed E-state index contributed by atoms with van der Waals surface area (Å²) in [5.74, 6) is -0.0846. The standard InChI is InChI=1S/C16H16BrClN2O/c17-15-7-6-13(18)10-14(15)16(21)20(9-8-19)11-12-4-2-1-3-5-12/h1-7,10H,8-9,11,19H2. The lowest BCUT2D eigenvalue weighted by Gasteiger charge is -2.23. The minimum atomic E-state index is -0.0846. The highest BCUT2D eigenvalue weighted by Gasteiger charge is 2.18. The molecular weight excluding hydrogens is 352 g/mol. The molecule has 0 fully saturated rings. The molecule has 1 amide bonds. The zero-order valence-electron chi connectivity index (χ0n) is 11.4. The van der Waals surface area contributed by atoms with Crippen molar-refractivity contribution < 1.29 is 4.79 Å². The molecule has 0 radical (unpaired) electrons. The lowest BCUT2D eigenvalue weighted by molar-refractivity contribution is 0.0747. The first-order chi connectivity index (χ1) is 10.1. The van der Waals surface area contributed by atoms with E-state index in [-0.39, 0.29) is 5.91 Å². The van der Waals surface area contributed by atoms with Gasteiger partial charge in [0.15, 0.2) is 0 Å².